The Morgan fingerprint density at radius 1 is 1.40 bits per heavy atom. The van der Waals surface area contributed by atoms with E-state index in [1.54, 1.807) is 11.1 Å². The summed E-state index contributed by atoms with van der Waals surface area (Å²) in [5, 5.41) is 2.99. The maximum atomic E-state index is 12.6. The van der Waals surface area contributed by atoms with Crippen LogP contribution in [0.15, 0.2) is 18.3 Å². The molecule has 0 radical (unpaired) electrons. The molecule has 136 valence electrons. The van der Waals surface area contributed by atoms with Gasteiger partial charge < -0.3 is 15.0 Å². The molecule has 2 aliphatic rings. The number of hydrogen-bond acceptors (Lipinski definition) is 4. The van der Waals surface area contributed by atoms with Gasteiger partial charge in [0.05, 0.1) is 11.4 Å². The Balaban J connectivity index is 1.61. The van der Waals surface area contributed by atoms with Crippen molar-refractivity contribution in [3.05, 3.63) is 24.0 Å². The van der Waals surface area contributed by atoms with Gasteiger partial charge in [-0.25, -0.2) is 4.79 Å². The normalized spacial score (nSPS) is 25.6. The van der Waals surface area contributed by atoms with Gasteiger partial charge in [-0.3, -0.25) is 9.78 Å². The van der Waals surface area contributed by atoms with E-state index in [0.29, 0.717) is 13.1 Å². The molecule has 1 aliphatic heterocycles. The van der Waals surface area contributed by atoms with Crippen LogP contribution in [0.25, 0.3) is 0 Å². The Bertz CT molecular complexity index is 683. The Kier molecular flexibility index (Phi) is 4.47. The molecule has 2 heterocycles. The number of ether oxygens (including phenoxy) is 1. The molecule has 1 saturated carbocycles. The number of carbonyl (C=O) groups excluding carboxylic acids is 2. The number of anilines is 1. The Morgan fingerprint density at radius 3 is 2.84 bits per heavy atom. The first-order chi connectivity index (χ1) is 11.7. The molecule has 1 N–H and O–H groups in total. The zero-order valence-corrected chi connectivity index (χ0v) is 15.5. The molecule has 6 heteroatoms. The molecule has 2 fully saturated rings. The number of nitrogens with zero attached hydrogens (tertiary/aromatic N) is 2. The molecule has 1 aliphatic carbocycles. The number of likely N-dealkylation sites (tertiary alicyclic amines) is 1. The molecule has 2 unspecified atom stereocenters. The average Bonchev–Trinajstić information content (AvgIpc) is 3.21. The van der Waals surface area contributed by atoms with Crippen LogP contribution in [0.2, 0.25) is 0 Å². The minimum atomic E-state index is -0.500. The lowest BCUT2D eigenvalue weighted by atomic mass is 9.92. The van der Waals surface area contributed by atoms with Gasteiger partial charge in [-0.1, -0.05) is 0 Å². The fourth-order valence-electron chi connectivity index (χ4n) is 3.65. The highest BCUT2D eigenvalue weighted by Gasteiger charge is 2.60. The number of piperidine rings is 1. The predicted molar refractivity (Wildman–Crippen MR) is 95.2 cm³/mol. The van der Waals surface area contributed by atoms with Crippen LogP contribution in [0.4, 0.5) is 10.5 Å². The van der Waals surface area contributed by atoms with Crippen LogP contribution >= 0.6 is 0 Å². The highest BCUT2D eigenvalue weighted by Crippen LogP contribution is 2.58. The van der Waals surface area contributed by atoms with E-state index in [1.807, 2.05) is 39.8 Å². The van der Waals surface area contributed by atoms with Gasteiger partial charge in [-0.2, -0.15) is 0 Å². The number of amides is 2. The lowest BCUT2D eigenvalue weighted by Crippen LogP contribution is -2.44. The van der Waals surface area contributed by atoms with E-state index in [-0.39, 0.29) is 23.3 Å². The first-order valence-corrected chi connectivity index (χ1v) is 8.91. The molecule has 2 atom stereocenters. The van der Waals surface area contributed by atoms with Gasteiger partial charge >= 0.3 is 6.09 Å². The fourth-order valence-corrected chi connectivity index (χ4v) is 3.65. The van der Waals surface area contributed by atoms with E-state index in [4.69, 9.17) is 4.74 Å². The summed E-state index contributed by atoms with van der Waals surface area (Å²) in [6.45, 7) is 8.79. The predicted octanol–water partition coefficient (Wildman–Crippen LogP) is 3.37. The monoisotopic (exact) mass is 345 g/mol. The minimum absolute atomic E-state index is 0.0298. The highest BCUT2D eigenvalue weighted by molar-refractivity contribution is 5.95. The third kappa shape index (κ3) is 3.94. The summed E-state index contributed by atoms with van der Waals surface area (Å²) in [6, 6.07) is 3.68. The Labute approximate surface area is 148 Å². The van der Waals surface area contributed by atoms with Crippen LogP contribution in [0.3, 0.4) is 0 Å². The quantitative estimate of drug-likeness (QED) is 0.892. The average molecular weight is 345 g/mol. The van der Waals surface area contributed by atoms with Gasteiger partial charge in [0.15, 0.2) is 0 Å². The molecular formula is C19H27N3O3. The second kappa shape index (κ2) is 6.32. The first kappa shape index (κ1) is 17.7. The number of rotatable bonds is 2. The van der Waals surface area contributed by atoms with Crippen molar-refractivity contribution in [1.82, 2.24) is 9.88 Å². The summed E-state index contributed by atoms with van der Waals surface area (Å²) in [5.74, 6) is -0.0144. The molecule has 1 saturated heterocycles. The Hall–Kier alpha value is -2.11. The lowest BCUT2D eigenvalue weighted by molar-refractivity contribution is -0.118. The lowest BCUT2D eigenvalue weighted by Gasteiger charge is -2.35. The number of pyridine rings is 1. The number of carbonyl (C=O) groups is 2. The van der Waals surface area contributed by atoms with Crippen molar-refractivity contribution in [3.8, 4) is 0 Å². The SMILES string of the molecule is Cc1ncccc1NC(=O)C1CC12CCCN(C(=O)OC(C)(C)C)C2. The summed E-state index contributed by atoms with van der Waals surface area (Å²) in [4.78, 5) is 30.9. The zero-order chi connectivity index (χ0) is 18.2. The number of aryl methyl sites for hydroxylation is 1. The molecular weight excluding hydrogens is 318 g/mol. The van der Waals surface area contributed by atoms with E-state index in [1.165, 1.54) is 0 Å². The largest absolute Gasteiger partial charge is 0.444 e. The second-order valence-corrected chi connectivity index (χ2v) is 8.25. The zero-order valence-electron chi connectivity index (χ0n) is 15.5. The van der Waals surface area contributed by atoms with Gasteiger partial charge in [0.1, 0.15) is 5.60 Å². The molecule has 1 aromatic rings. The summed E-state index contributed by atoms with van der Waals surface area (Å²) >= 11 is 0. The van der Waals surface area contributed by atoms with Gasteiger partial charge in [-0.15, -0.1) is 0 Å². The first-order valence-electron chi connectivity index (χ1n) is 8.91. The molecule has 1 aromatic heterocycles. The van der Waals surface area contributed by atoms with E-state index >= 15 is 0 Å². The fraction of sp³-hybridized carbons (Fsp3) is 0.632. The standard InChI is InChI=1S/C19H27N3O3/c1-13-15(7-5-9-20-13)21-16(23)14-11-19(14)8-6-10-22(12-19)17(24)25-18(2,3)4/h5,7,9,14H,6,8,10-12H2,1-4H3,(H,21,23). The maximum Gasteiger partial charge on any atom is 0.410 e. The Morgan fingerprint density at radius 2 is 2.16 bits per heavy atom. The second-order valence-electron chi connectivity index (χ2n) is 8.25. The van der Waals surface area contributed by atoms with Crippen molar-refractivity contribution >= 4 is 17.7 Å². The van der Waals surface area contributed by atoms with Gasteiger partial charge in [0, 0.05) is 30.6 Å². The van der Waals surface area contributed by atoms with Crippen LogP contribution in [0.1, 0.15) is 45.7 Å². The smallest absolute Gasteiger partial charge is 0.410 e. The number of hydrogen-bond donors (Lipinski definition) is 1. The third-order valence-electron chi connectivity index (χ3n) is 5.03. The molecule has 3 rings (SSSR count). The van der Waals surface area contributed by atoms with Crippen LogP contribution in [0, 0.1) is 18.3 Å². The topological polar surface area (TPSA) is 71.5 Å². The molecule has 0 aromatic carbocycles. The number of nitrogens with one attached hydrogen (secondary N) is 1. The molecule has 2 amide bonds. The van der Waals surface area contributed by atoms with E-state index in [0.717, 1.165) is 30.6 Å². The van der Waals surface area contributed by atoms with Crippen LogP contribution < -0.4 is 5.32 Å². The molecule has 6 nitrogen and oxygen atoms in total. The van der Waals surface area contributed by atoms with Crippen molar-refractivity contribution < 1.29 is 14.3 Å². The number of aromatic nitrogens is 1. The van der Waals surface area contributed by atoms with Crippen molar-refractivity contribution in [2.75, 3.05) is 18.4 Å². The van der Waals surface area contributed by atoms with Gasteiger partial charge in [0.2, 0.25) is 5.91 Å². The minimum Gasteiger partial charge on any atom is -0.444 e. The summed E-state index contributed by atoms with van der Waals surface area (Å²) in [5.41, 5.74) is 0.980. The third-order valence-corrected chi connectivity index (χ3v) is 5.03. The summed E-state index contributed by atoms with van der Waals surface area (Å²) < 4.78 is 5.48. The summed E-state index contributed by atoms with van der Waals surface area (Å²) in [6.07, 6.45) is 4.16. The highest BCUT2D eigenvalue weighted by atomic mass is 16.6. The molecule has 25 heavy (non-hydrogen) atoms. The van der Waals surface area contributed by atoms with Crippen LogP contribution in [-0.4, -0.2) is 40.6 Å². The molecule has 0 bridgehead atoms. The summed E-state index contributed by atoms with van der Waals surface area (Å²) in [7, 11) is 0. The molecule has 1 spiro atoms. The van der Waals surface area contributed by atoms with Crippen molar-refractivity contribution in [3.63, 3.8) is 0 Å². The van der Waals surface area contributed by atoms with E-state index in [9.17, 15) is 9.59 Å². The van der Waals surface area contributed by atoms with Crippen LogP contribution in [0.5, 0.6) is 0 Å². The maximum absolute atomic E-state index is 12.6. The van der Waals surface area contributed by atoms with E-state index < -0.39 is 5.60 Å². The van der Waals surface area contributed by atoms with Gasteiger partial charge in [-0.05, 0) is 59.1 Å². The van der Waals surface area contributed by atoms with E-state index in [2.05, 4.69) is 10.3 Å². The van der Waals surface area contributed by atoms with Crippen molar-refractivity contribution in [2.24, 2.45) is 11.3 Å². The van der Waals surface area contributed by atoms with Crippen LogP contribution in [-0.2, 0) is 9.53 Å². The van der Waals surface area contributed by atoms with Crippen molar-refractivity contribution in [2.45, 2.75) is 52.6 Å². The van der Waals surface area contributed by atoms with Crippen molar-refractivity contribution in [1.29, 1.82) is 0 Å². The van der Waals surface area contributed by atoms with Gasteiger partial charge in [0.25, 0.3) is 0 Å².